The van der Waals surface area contributed by atoms with E-state index in [0.29, 0.717) is 17.5 Å². The summed E-state index contributed by atoms with van der Waals surface area (Å²) in [6, 6.07) is 59.7. The van der Waals surface area contributed by atoms with Gasteiger partial charge in [0.15, 0.2) is 17.5 Å². The zero-order valence-corrected chi connectivity index (χ0v) is 27.7. The lowest BCUT2D eigenvalue weighted by atomic mass is 9.96. The van der Waals surface area contributed by atoms with E-state index in [2.05, 4.69) is 114 Å². The van der Waals surface area contributed by atoms with Crippen molar-refractivity contribution in [2.45, 2.75) is 0 Å². The van der Waals surface area contributed by atoms with E-state index in [1.165, 1.54) is 42.4 Å². The van der Waals surface area contributed by atoms with Crippen molar-refractivity contribution in [1.29, 1.82) is 0 Å². The molecule has 0 saturated heterocycles. The standard InChI is InChI=1S/C45H28N4S/c1-3-15-30(16-4-1)43-46-44(31-17-5-2-6-18-31)48-45(47-43)32-19-13-20-33(28-32)49-37-24-11-9-22-35(37)40-36-23-10-12-25-39(36)50-42(40)41-34-21-8-7-14-29(34)26-27-38(41)49/h1-28H. The fraction of sp³-hybridized carbons (Fsp3) is 0. The predicted molar refractivity (Wildman–Crippen MR) is 208 cm³/mol. The average Bonchev–Trinajstić information content (AvgIpc) is 3.52. The number of anilines is 3. The monoisotopic (exact) mass is 656 g/mol. The van der Waals surface area contributed by atoms with Crippen LogP contribution in [0.4, 0.5) is 17.1 Å². The van der Waals surface area contributed by atoms with Crippen LogP contribution in [0.3, 0.4) is 0 Å². The van der Waals surface area contributed by atoms with Gasteiger partial charge in [0, 0.05) is 54.0 Å². The number of benzene rings is 7. The summed E-state index contributed by atoms with van der Waals surface area (Å²) in [7, 11) is 0. The Hall–Kier alpha value is -6.43. The van der Waals surface area contributed by atoms with Crippen molar-refractivity contribution >= 4 is 49.3 Å². The van der Waals surface area contributed by atoms with E-state index in [1.54, 1.807) is 0 Å². The normalized spacial score (nSPS) is 12.0. The van der Waals surface area contributed by atoms with Crippen molar-refractivity contribution in [3.05, 3.63) is 170 Å². The van der Waals surface area contributed by atoms with E-state index in [-0.39, 0.29) is 0 Å². The van der Waals surface area contributed by atoms with Crippen LogP contribution >= 0.6 is 11.3 Å². The van der Waals surface area contributed by atoms with Crippen molar-refractivity contribution in [3.63, 3.8) is 0 Å². The molecule has 7 aromatic carbocycles. The molecule has 0 unspecified atom stereocenters. The Morgan fingerprint density at radius 3 is 1.78 bits per heavy atom. The highest BCUT2D eigenvalue weighted by Gasteiger charge is 2.30. The number of nitrogens with zero attached hydrogens (tertiary/aromatic N) is 4. The van der Waals surface area contributed by atoms with Gasteiger partial charge >= 0.3 is 0 Å². The molecular weight excluding hydrogens is 629 g/mol. The van der Waals surface area contributed by atoms with Gasteiger partial charge in [-0.3, -0.25) is 0 Å². The third kappa shape index (κ3) is 4.63. The number of para-hydroxylation sites is 1. The number of fused-ring (bicyclic) bond motifs is 9. The molecule has 1 aliphatic rings. The molecule has 0 aliphatic carbocycles. The lowest BCUT2D eigenvalue weighted by Crippen LogP contribution is -2.11. The van der Waals surface area contributed by atoms with E-state index in [4.69, 9.17) is 15.0 Å². The molecule has 0 fully saturated rings. The largest absolute Gasteiger partial charge is 0.309 e. The third-order valence-corrected chi connectivity index (χ3v) is 10.6. The molecule has 0 saturated carbocycles. The zero-order valence-electron chi connectivity index (χ0n) is 26.9. The van der Waals surface area contributed by atoms with Crippen LogP contribution in [0.1, 0.15) is 0 Å². The first-order valence-corrected chi connectivity index (χ1v) is 17.5. The molecule has 50 heavy (non-hydrogen) atoms. The van der Waals surface area contributed by atoms with Crippen LogP contribution in [0.5, 0.6) is 0 Å². The van der Waals surface area contributed by atoms with Crippen LogP contribution < -0.4 is 4.90 Å². The first kappa shape index (κ1) is 28.6. The molecule has 0 bridgehead atoms. The summed E-state index contributed by atoms with van der Waals surface area (Å²) in [6.07, 6.45) is 0. The Balaban J connectivity index is 1.22. The van der Waals surface area contributed by atoms with Crippen LogP contribution in [0.15, 0.2) is 170 Å². The molecule has 3 heterocycles. The lowest BCUT2D eigenvalue weighted by molar-refractivity contribution is 1.07. The molecule has 2 aromatic heterocycles. The molecule has 0 radical (unpaired) electrons. The molecular formula is C45H28N4S. The minimum atomic E-state index is 0.631. The highest BCUT2D eigenvalue weighted by Crippen LogP contribution is 2.57. The molecule has 234 valence electrons. The van der Waals surface area contributed by atoms with Gasteiger partial charge < -0.3 is 4.90 Å². The maximum Gasteiger partial charge on any atom is 0.164 e. The second-order valence-electron chi connectivity index (χ2n) is 12.4. The molecule has 0 atom stereocenters. The Bertz CT molecular complexity index is 2660. The van der Waals surface area contributed by atoms with Crippen LogP contribution in [0, 0.1) is 0 Å². The van der Waals surface area contributed by atoms with Crippen LogP contribution in [0.2, 0.25) is 0 Å². The van der Waals surface area contributed by atoms with Crippen LogP contribution in [0.25, 0.3) is 76.6 Å². The summed E-state index contributed by atoms with van der Waals surface area (Å²) in [4.78, 5) is 18.7. The molecule has 9 aromatic rings. The summed E-state index contributed by atoms with van der Waals surface area (Å²) >= 11 is 1.88. The number of rotatable bonds is 4. The highest BCUT2D eigenvalue weighted by atomic mass is 32.1. The Kier molecular flexibility index (Phi) is 6.64. The van der Waals surface area contributed by atoms with Gasteiger partial charge in [-0.1, -0.05) is 140 Å². The average molecular weight is 657 g/mol. The second kappa shape index (κ2) is 11.6. The number of thiophene rings is 1. The van der Waals surface area contributed by atoms with E-state index in [1.807, 2.05) is 72.0 Å². The number of hydrogen-bond acceptors (Lipinski definition) is 5. The summed E-state index contributed by atoms with van der Waals surface area (Å²) < 4.78 is 1.29. The van der Waals surface area contributed by atoms with Gasteiger partial charge in [0.2, 0.25) is 0 Å². The van der Waals surface area contributed by atoms with Gasteiger partial charge in [-0.15, -0.1) is 11.3 Å². The summed E-state index contributed by atoms with van der Waals surface area (Å²) in [5.41, 5.74) is 9.88. The van der Waals surface area contributed by atoms with E-state index < -0.39 is 0 Å². The molecule has 5 heteroatoms. The molecule has 4 nitrogen and oxygen atoms in total. The smallest absolute Gasteiger partial charge is 0.164 e. The van der Waals surface area contributed by atoms with E-state index in [0.717, 1.165) is 33.8 Å². The van der Waals surface area contributed by atoms with Gasteiger partial charge in [-0.05, 0) is 41.1 Å². The molecule has 10 rings (SSSR count). The Morgan fingerprint density at radius 2 is 1.02 bits per heavy atom. The van der Waals surface area contributed by atoms with Crippen molar-refractivity contribution in [2.75, 3.05) is 4.90 Å². The maximum atomic E-state index is 5.05. The zero-order chi connectivity index (χ0) is 33.0. The third-order valence-electron chi connectivity index (χ3n) is 9.45. The Labute approximate surface area is 293 Å². The van der Waals surface area contributed by atoms with Crippen molar-refractivity contribution in [3.8, 4) is 55.7 Å². The minimum absolute atomic E-state index is 0.631. The van der Waals surface area contributed by atoms with Gasteiger partial charge in [0.25, 0.3) is 0 Å². The lowest BCUT2D eigenvalue weighted by Gasteiger charge is -2.28. The Morgan fingerprint density at radius 1 is 0.420 bits per heavy atom. The van der Waals surface area contributed by atoms with Crippen LogP contribution in [-0.2, 0) is 0 Å². The second-order valence-corrected chi connectivity index (χ2v) is 13.5. The van der Waals surface area contributed by atoms with Gasteiger partial charge in [0.1, 0.15) is 0 Å². The van der Waals surface area contributed by atoms with E-state index >= 15 is 0 Å². The van der Waals surface area contributed by atoms with Crippen molar-refractivity contribution in [2.24, 2.45) is 0 Å². The maximum absolute atomic E-state index is 5.05. The summed E-state index contributed by atoms with van der Waals surface area (Å²) in [6.45, 7) is 0. The molecule has 1 aliphatic heterocycles. The summed E-state index contributed by atoms with van der Waals surface area (Å²) in [5, 5.41) is 3.74. The molecule has 0 spiro atoms. The van der Waals surface area contributed by atoms with Crippen LogP contribution in [-0.4, -0.2) is 15.0 Å². The first-order valence-electron chi connectivity index (χ1n) is 16.7. The first-order chi connectivity index (χ1) is 24.8. The fourth-order valence-corrected chi connectivity index (χ4v) is 8.47. The molecule has 0 amide bonds. The van der Waals surface area contributed by atoms with Crippen molar-refractivity contribution in [1.82, 2.24) is 15.0 Å². The van der Waals surface area contributed by atoms with Gasteiger partial charge in [-0.2, -0.15) is 0 Å². The summed E-state index contributed by atoms with van der Waals surface area (Å²) in [5.74, 6) is 1.92. The topological polar surface area (TPSA) is 41.9 Å². The van der Waals surface area contributed by atoms with E-state index in [9.17, 15) is 0 Å². The minimum Gasteiger partial charge on any atom is -0.309 e. The SMILES string of the molecule is c1ccc(-c2nc(-c3ccccc3)nc(-c3cccc(N4c5ccccc5-c5c(sc6ccccc56)-c5c4ccc4ccccc54)c3)n2)cc1. The van der Waals surface area contributed by atoms with Gasteiger partial charge in [0.05, 0.1) is 11.4 Å². The fourth-order valence-electron chi connectivity index (χ4n) is 7.18. The predicted octanol–water partition coefficient (Wildman–Crippen LogP) is 12.4. The quantitative estimate of drug-likeness (QED) is 0.189. The number of aromatic nitrogens is 3. The number of hydrogen-bond donors (Lipinski definition) is 0. The van der Waals surface area contributed by atoms with Crippen molar-refractivity contribution < 1.29 is 0 Å². The van der Waals surface area contributed by atoms with Gasteiger partial charge in [-0.25, -0.2) is 15.0 Å². The molecule has 0 N–H and O–H groups in total. The highest BCUT2D eigenvalue weighted by molar-refractivity contribution is 7.23.